The smallest absolute Gasteiger partial charge is 0.338 e. The van der Waals surface area contributed by atoms with E-state index in [4.69, 9.17) is 9.47 Å². The van der Waals surface area contributed by atoms with Gasteiger partial charge in [-0.15, -0.1) is 0 Å². The van der Waals surface area contributed by atoms with Crippen molar-refractivity contribution in [3.63, 3.8) is 0 Å². The van der Waals surface area contributed by atoms with Crippen LogP contribution in [-0.4, -0.2) is 24.3 Å². The Balaban J connectivity index is 1.78. The SMILES string of the molecule is CCOC(=O)C1=C(C)N=c2s/c(=C\c3c(OC)ccc4ccccc34)c(=O)n2[C@@H]1c1ccc(Br)cc1. The van der Waals surface area contributed by atoms with Crippen LogP contribution in [0.3, 0.4) is 0 Å². The monoisotopic (exact) mass is 562 g/mol. The minimum absolute atomic E-state index is 0.226. The highest BCUT2D eigenvalue weighted by Crippen LogP contribution is 2.32. The number of halogens is 1. The largest absolute Gasteiger partial charge is 0.496 e. The summed E-state index contributed by atoms with van der Waals surface area (Å²) in [5, 5.41) is 2.03. The number of allylic oxidation sites excluding steroid dienone is 1. The lowest BCUT2D eigenvalue weighted by Gasteiger charge is -2.24. The first kappa shape index (κ1) is 24.2. The lowest BCUT2D eigenvalue weighted by molar-refractivity contribution is -0.139. The second kappa shape index (κ2) is 9.87. The molecule has 5 rings (SSSR count). The molecule has 1 atom stereocenters. The van der Waals surface area contributed by atoms with Gasteiger partial charge in [0, 0.05) is 10.0 Å². The number of carbonyl (C=O) groups excluding carboxylic acids is 1. The predicted molar refractivity (Wildman–Crippen MR) is 145 cm³/mol. The van der Waals surface area contributed by atoms with Crippen LogP contribution >= 0.6 is 27.3 Å². The zero-order chi connectivity index (χ0) is 25.4. The van der Waals surface area contributed by atoms with Gasteiger partial charge in [-0.25, -0.2) is 9.79 Å². The summed E-state index contributed by atoms with van der Waals surface area (Å²) in [5.41, 5.74) is 2.29. The van der Waals surface area contributed by atoms with Gasteiger partial charge in [-0.05, 0) is 54.5 Å². The maximum atomic E-state index is 13.9. The molecule has 1 aliphatic heterocycles. The number of thiazole rings is 1. The molecule has 6 nitrogen and oxygen atoms in total. The maximum Gasteiger partial charge on any atom is 0.338 e. The Morgan fingerprint density at radius 3 is 2.61 bits per heavy atom. The third kappa shape index (κ3) is 4.20. The zero-order valence-corrected chi connectivity index (χ0v) is 22.4. The van der Waals surface area contributed by atoms with Crippen LogP contribution in [0.5, 0.6) is 5.75 Å². The van der Waals surface area contributed by atoms with Gasteiger partial charge in [-0.2, -0.15) is 0 Å². The first-order valence-corrected chi connectivity index (χ1v) is 13.0. The van der Waals surface area contributed by atoms with Crippen LogP contribution in [0.25, 0.3) is 16.8 Å². The van der Waals surface area contributed by atoms with Crippen molar-refractivity contribution in [2.45, 2.75) is 19.9 Å². The number of carbonyl (C=O) groups is 1. The van der Waals surface area contributed by atoms with Gasteiger partial charge in [0.15, 0.2) is 4.80 Å². The zero-order valence-electron chi connectivity index (χ0n) is 19.9. The minimum atomic E-state index is -0.648. The standard InChI is InChI=1S/C28H23BrN2O4S/c1-4-35-27(33)24-16(2)30-28-31(25(24)18-9-12-19(29)13-10-18)26(32)23(36-28)15-21-20-8-6-5-7-17(20)11-14-22(21)34-3/h5-15,25H,4H2,1-3H3/b23-15-/t25-/m1/s1. The summed E-state index contributed by atoms with van der Waals surface area (Å²) in [6.45, 7) is 3.77. The maximum absolute atomic E-state index is 13.9. The number of ether oxygens (including phenoxy) is 2. The van der Waals surface area contributed by atoms with E-state index in [-0.39, 0.29) is 12.2 Å². The van der Waals surface area contributed by atoms with Gasteiger partial charge in [0.1, 0.15) is 5.75 Å². The second-order valence-electron chi connectivity index (χ2n) is 8.26. The fraction of sp³-hybridized carbons (Fsp3) is 0.179. The van der Waals surface area contributed by atoms with E-state index in [9.17, 15) is 9.59 Å². The molecule has 0 spiro atoms. The highest BCUT2D eigenvalue weighted by molar-refractivity contribution is 9.10. The van der Waals surface area contributed by atoms with E-state index < -0.39 is 12.0 Å². The molecule has 0 unspecified atom stereocenters. The number of aromatic nitrogens is 1. The summed E-state index contributed by atoms with van der Waals surface area (Å²) in [4.78, 5) is 32.1. The van der Waals surface area contributed by atoms with Crippen molar-refractivity contribution in [1.82, 2.24) is 4.57 Å². The van der Waals surface area contributed by atoms with E-state index in [0.717, 1.165) is 26.4 Å². The molecule has 8 heteroatoms. The number of esters is 1. The van der Waals surface area contributed by atoms with Gasteiger partial charge < -0.3 is 9.47 Å². The van der Waals surface area contributed by atoms with Gasteiger partial charge in [-0.1, -0.05) is 69.7 Å². The van der Waals surface area contributed by atoms with Gasteiger partial charge in [0.2, 0.25) is 0 Å². The van der Waals surface area contributed by atoms with Crippen LogP contribution in [-0.2, 0) is 9.53 Å². The molecule has 1 aliphatic rings. The molecule has 0 radical (unpaired) electrons. The molecule has 0 bridgehead atoms. The summed E-state index contributed by atoms with van der Waals surface area (Å²) in [5.74, 6) is 0.198. The second-order valence-corrected chi connectivity index (χ2v) is 10.2. The predicted octanol–water partition coefficient (Wildman–Crippen LogP) is 4.72. The Morgan fingerprint density at radius 2 is 1.89 bits per heavy atom. The summed E-state index contributed by atoms with van der Waals surface area (Å²) >= 11 is 4.76. The average Bonchev–Trinajstić information content (AvgIpc) is 3.18. The molecule has 36 heavy (non-hydrogen) atoms. The van der Waals surface area contributed by atoms with Crippen molar-refractivity contribution in [3.05, 3.63) is 107 Å². The lowest BCUT2D eigenvalue weighted by Crippen LogP contribution is -2.39. The third-order valence-corrected chi connectivity index (χ3v) is 7.64. The van der Waals surface area contributed by atoms with Crippen LogP contribution in [0, 0.1) is 0 Å². The molecular formula is C28H23BrN2O4S. The fourth-order valence-corrected chi connectivity index (χ4v) is 5.78. The summed E-state index contributed by atoms with van der Waals surface area (Å²) < 4.78 is 14.0. The Kier molecular flexibility index (Phi) is 6.64. The highest BCUT2D eigenvalue weighted by atomic mass is 79.9. The number of rotatable bonds is 5. The summed E-state index contributed by atoms with van der Waals surface area (Å²) in [7, 11) is 1.62. The van der Waals surface area contributed by atoms with E-state index in [1.54, 1.807) is 25.5 Å². The molecule has 1 aromatic heterocycles. The molecule has 2 heterocycles. The van der Waals surface area contributed by atoms with Gasteiger partial charge >= 0.3 is 5.97 Å². The minimum Gasteiger partial charge on any atom is -0.496 e. The topological polar surface area (TPSA) is 69.9 Å². The molecular weight excluding hydrogens is 540 g/mol. The van der Waals surface area contributed by atoms with Crippen molar-refractivity contribution in [2.75, 3.05) is 13.7 Å². The number of methoxy groups -OCH3 is 1. The quantitative estimate of drug-likeness (QED) is 0.330. The first-order chi connectivity index (χ1) is 17.4. The Morgan fingerprint density at radius 1 is 1.14 bits per heavy atom. The van der Waals surface area contributed by atoms with Crippen LogP contribution in [0.1, 0.15) is 31.0 Å². The van der Waals surface area contributed by atoms with Gasteiger partial charge in [-0.3, -0.25) is 9.36 Å². The third-order valence-electron chi connectivity index (χ3n) is 6.13. The van der Waals surface area contributed by atoms with E-state index >= 15 is 0 Å². The first-order valence-electron chi connectivity index (χ1n) is 11.4. The summed E-state index contributed by atoms with van der Waals surface area (Å²) in [6.07, 6.45) is 1.85. The number of nitrogens with zero attached hydrogens (tertiary/aromatic N) is 2. The van der Waals surface area contributed by atoms with Crippen LogP contribution in [0.15, 0.2) is 86.2 Å². The number of hydrogen-bond donors (Lipinski definition) is 0. The molecule has 4 aromatic rings. The molecule has 3 aromatic carbocycles. The highest BCUT2D eigenvalue weighted by Gasteiger charge is 2.33. The lowest BCUT2D eigenvalue weighted by atomic mass is 9.96. The normalized spacial score (nSPS) is 15.6. The van der Waals surface area contributed by atoms with Gasteiger partial charge in [0.05, 0.1) is 35.6 Å². The fourth-order valence-electron chi connectivity index (χ4n) is 4.49. The van der Waals surface area contributed by atoms with E-state index in [1.807, 2.05) is 66.7 Å². The Hall–Kier alpha value is -3.49. The van der Waals surface area contributed by atoms with Crippen LogP contribution < -0.4 is 19.6 Å². The molecule has 0 N–H and O–H groups in total. The molecule has 182 valence electrons. The Labute approximate surface area is 220 Å². The van der Waals surface area contributed by atoms with Gasteiger partial charge in [0.25, 0.3) is 5.56 Å². The van der Waals surface area contributed by atoms with Crippen LogP contribution in [0.2, 0.25) is 0 Å². The van der Waals surface area contributed by atoms with E-state index in [2.05, 4.69) is 20.9 Å². The average molecular weight is 563 g/mol. The number of fused-ring (bicyclic) bond motifs is 2. The molecule has 0 amide bonds. The molecule has 0 fully saturated rings. The number of hydrogen-bond acceptors (Lipinski definition) is 6. The molecule has 0 saturated heterocycles. The molecule has 0 saturated carbocycles. The van der Waals surface area contributed by atoms with Crippen molar-refractivity contribution >= 4 is 50.1 Å². The van der Waals surface area contributed by atoms with Crippen molar-refractivity contribution < 1.29 is 14.3 Å². The van der Waals surface area contributed by atoms with Crippen LogP contribution in [0.4, 0.5) is 0 Å². The van der Waals surface area contributed by atoms with E-state index in [0.29, 0.717) is 26.4 Å². The Bertz CT molecular complexity index is 1700. The van der Waals surface area contributed by atoms with Crippen molar-refractivity contribution in [2.24, 2.45) is 4.99 Å². The summed E-state index contributed by atoms with van der Waals surface area (Å²) in [6, 6.07) is 18.8. The molecule has 0 aliphatic carbocycles. The van der Waals surface area contributed by atoms with Crippen molar-refractivity contribution in [3.8, 4) is 5.75 Å². The van der Waals surface area contributed by atoms with E-state index in [1.165, 1.54) is 11.3 Å². The van der Waals surface area contributed by atoms with Crippen molar-refractivity contribution in [1.29, 1.82) is 0 Å². The number of benzene rings is 3.